The second-order valence-corrected chi connectivity index (χ2v) is 7.77. The van der Waals surface area contributed by atoms with Crippen LogP contribution in [0, 0.1) is 10.8 Å². The molecular formula is C16H34N2. The predicted octanol–water partition coefficient (Wildman–Crippen LogP) is 5.87. The lowest BCUT2D eigenvalue weighted by Crippen LogP contribution is -2.04. The summed E-state index contributed by atoms with van der Waals surface area (Å²) in [4.78, 5) is 0. The molecule has 0 fully saturated rings. The number of azo groups is 1. The molecule has 0 amide bonds. The minimum absolute atomic E-state index is 0.462. The summed E-state index contributed by atoms with van der Waals surface area (Å²) in [6.45, 7) is 15.6. The summed E-state index contributed by atoms with van der Waals surface area (Å²) in [5.74, 6) is 0. The zero-order valence-electron chi connectivity index (χ0n) is 13.6. The van der Waals surface area contributed by atoms with Crippen molar-refractivity contribution in [2.24, 2.45) is 21.1 Å². The number of unbranched alkanes of at least 4 members (excludes halogenated alkanes) is 2. The molecular weight excluding hydrogens is 220 g/mol. The van der Waals surface area contributed by atoms with E-state index in [0.717, 1.165) is 13.1 Å². The first kappa shape index (κ1) is 17.6. The fourth-order valence-corrected chi connectivity index (χ4v) is 1.82. The van der Waals surface area contributed by atoms with Crippen molar-refractivity contribution in [2.75, 3.05) is 13.1 Å². The fourth-order valence-electron chi connectivity index (χ4n) is 1.82. The molecule has 0 heterocycles. The van der Waals surface area contributed by atoms with E-state index in [1.54, 1.807) is 0 Å². The van der Waals surface area contributed by atoms with E-state index >= 15 is 0 Å². The van der Waals surface area contributed by atoms with Crippen molar-refractivity contribution < 1.29 is 0 Å². The van der Waals surface area contributed by atoms with Crippen LogP contribution in [-0.2, 0) is 0 Å². The van der Waals surface area contributed by atoms with E-state index in [1.807, 2.05) is 0 Å². The topological polar surface area (TPSA) is 24.7 Å². The van der Waals surface area contributed by atoms with Gasteiger partial charge in [-0.2, -0.15) is 10.2 Å². The molecule has 18 heavy (non-hydrogen) atoms. The van der Waals surface area contributed by atoms with Crippen LogP contribution in [0.4, 0.5) is 0 Å². The molecule has 2 nitrogen and oxygen atoms in total. The highest BCUT2D eigenvalue weighted by atomic mass is 15.1. The summed E-state index contributed by atoms with van der Waals surface area (Å²) in [7, 11) is 0. The van der Waals surface area contributed by atoms with Crippen LogP contribution in [0.15, 0.2) is 10.2 Å². The standard InChI is InChI=1S/C16H34N2/c1-15(2,3)11-7-9-13-17-18-14-10-8-12-16(4,5)6/h7-14H2,1-6H3. The van der Waals surface area contributed by atoms with Crippen LogP contribution in [0.2, 0.25) is 0 Å². The molecule has 0 aromatic carbocycles. The maximum Gasteiger partial charge on any atom is 0.0598 e. The fraction of sp³-hybridized carbons (Fsp3) is 1.00. The van der Waals surface area contributed by atoms with Crippen molar-refractivity contribution in [1.82, 2.24) is 0 Å². The Bertz CT molecular complexity index is 194. The lowest BCUT2D eigenvalue weighted by molar-refractivity contribution is 0.359. The third-order valence-corrected chi connectivity index (χ3v) is 2.97. The molecule has 0 aliphatic carbocycles. The van der Waals surface area contributed by atoms with Gasteiger partial charge in [0.1, 0.15) is 0 Å². The molecule has 2 heteroatoms. The van der Waals surface area contributed by atoms with E-state index in [1.165, 1.54) is 38.5 Å². The summed E-state index contributed by atoms with van der Waals surface area (Å²) in [5, 5.41) is 8.50. The molecule has 0 atom stereocenters. The van der Waals surface area contributed by atoms with Crippen LogP contribution in [0.3, 0.4) is 0 Å². The number of hydrogen-bond donors (Lipinski definition) is 0. The van der Waals surface area contributed by atoms with Crippen molar-refractivity contribution in [3.05, 3.63) is 0 Å². The van der Waals surface area contributed by atoms with Gasteiger partial charge in [0.25, 0.3) is 0 Å². The summed E-state index contributed by atoms with van der Waals surface area (Å²) in [6.07, 6.45) is 7.48. The maximum atomic E-state index is 4.25. The van der Waals surface area contributed by atoms with Gasteiger partial charge in [-0.1, -0.05) is 54.4 Å². The number of hydrogen-bond acceptors (Lipinski definition) is 2. The molecule has 108 valence electrons. The van der Waals surface area contributed by atoms with Gasteiger partial charge in [-0.15, -0.1) is 0 Å². The van der Waals surface area contributed by atoms with Crippen molar-refractivity contribution >= 4 is 0 Å². The second kappa shape index (κ2) is 8.66. The Morgan fingerprint density at radius 3 is 1.17 bits per heavy atom. The Hall–Kier alpha value is -0.400. The molecule has 0 unspecified atom stereocenters. The van der Waals surface area contributed by atoms with Gasteiger partial charge in [0.05, 0.1) is 13.1 Å². The minimum Gasteiger partial charge on any atom is -0.194 e. The zero-order chi connectivity index (χ0) is 14.1. The van der Waals surface area contributed by atoms with E-state index < -0.39 is 0 Å². The van der Waals surface area contributed by atoms with Gasteiger partial charge >= 0.3 is 0 Å². The average molecular weight is 254 g/mol. The Morgan fingerprint density at radius 1 is 0.556 bits per heavy atom. The molecule has 0 aromatic heterocycles. The highest BCUT2D eigenvalue weighted by molar-refractivity contribution is 4.62. The molecule has 0 saturated heterocycles. The van der Waals surface area contributed by atoms with E-state index in [-0.39, 0.29) is 0 Å². The van der Waals surface area contributed by atoms with E-state index in [0.29, 0.717) is 10.8 Å². The van der Waals surface area contributed by atoms with Crippen LogP contribution >= 0.6 is 0 Å². The smallest absolute Gasteiger partial charge is 0.0598 e. The summed E-state index contributed by atoms with van der Waals surface area (Å²) < 4.78 is 0. The molecule has 0 bridgehead atoms. The quantitative estimate of drug-likeness (QED) is 0.382. The van der Waals surface area contributed by atoms with Crippen LogP contribution in [0.25, 0.3) is 0 Å². The number of rotatable bonds is 8. The Balaban J connectivity index is 3.29. The normalized spacial score (nSPS) is 13.4. The van der Waals surface area contributed by atoms with Gasteiger partial charge in [0.2, 0.25) is 0 Å². The molecule has 0 N–H and O–H groups in total. The average Bonchev–Trinajstić information content (AvgIpc) is 2.17. The van der Waals surface area contributed by atoms with Crippen molar-refractivity contribution in [3.8, 4) is 0 Å². The summed E-state index contributed by atoms with van der Waals surface area (Å²) in [5.41, 5.74) is 0.925. The monoisotopic (exact) mass is 254 g/mol. The first-order chi connectivity index (χ1) is 8.21. The van der Waals surface area contributed by atoms with Crippen molar-refractivity contribution in [2.45, 2.75) is 80.1 Å². The first-order valence-electron chi connectivity index (χ1n) is 7.54. The summed E-state index contributed by atoms with van der Waals surface area (Å²) >= 11 is 0. The highest BCUT2D eigenvalue weighted by Crippen LogP contribution is 2.22. The number of nitrogens with zero attached hydrogens (tertiary/aromatic N) is 2. The van der Waals surface area contributed by atoms with Crippen molar-refractivity contribution in [3.63, 3.8) is 0 Å². The van der Waals surface area contributed by atoms with Crippen LogP contribution in [-0.4, -0.2) is 13.1 Å². The van der Waals surface area contributed by atoms with Gasteiger partial charge in [-0.3, -0.25) is 0 Å². The maximum absolute atomic E-state index is 4.25. The lowest BCUT2D eigenvalue weighted by Gasteiger charge is -2.17. The Labute approximate surface area is 115 Å². The van der Waals surface area contributed by atoms with Gasteiger partial charge in [0, 0.05) is 0 Å². The van der Waals surface area contributed by atoms with E-state index in [2.05, 4.69) is 51.8 Å². The molecule has 0 aromatic rings. The van der Waals surface area contributed by atoms with Gasteiger partial charge in [-0.05, 0) is 36.5 Å². The molecule has 0 saturated carbocycles. The molecule has 0 aliphatic heterocycles. The lowest BCUT2D eigenvalue weighted by atomic mass is 9.90. The third-order valence-electron chi connectivity index (χ3n) is 2.97. The SMILES string of the molecule is CC(C)(C)CCCCN=NCCCCC(C)(C)C. The molecule has 0 rings (SSSR count). The van der Waals surface area contributed by atoms with Gasteiger partial charge < -0.3 is 0 Å². The zero-order valence-corrected chi connectivity index (χ0v) is 13.6. The van der Waals surface area contributed by atoms with E-state index in [4.69, 9.17) is 0 Å². The van der Waals surface area contributed by atoms with Crippen LogP contribution < -0.4 is 0 Å². The Kier molecular flexibility index (Phi) is 8.47. The van der Waals surface area contributed by atoms with Crippen molar-refractivity contribution in [1.29, 1.82) is 0 Å². The Morgan fingerprint density at radius 2 is 0.889 bits per heavy atom. The third kappa shape index (κ3) is 15.6. The summed E-state index contributed by atoms with van der Waals surface area (Å²) in [6, 6.07) is 0. The predicted molar refractivity (Wildman–Crippen MR) is 81.2 cm³/mol. The largest absolute Gasteiger partial charge is 0.194 e. The molecule has 0 spiro atoms. The van der Waals surface area contributed by atoms with Crippen LogP contribution in [0.1, 0.15) is 80.1 Å². The second-order valence-electron chi connectivity index (χ2n) is 7.77. The molecule has 0 radical (unpaired) electrons. The van der Waals surface area contributed by atoms with Crippen LogP contribution in [0.5, 0.6) is 0 Å². The minimum atomic E-state index is 0.462. The highest BCUT2D eigenvalue weighted by Gasteiger charge is 2.09. The van der Waals surface area contributed by atoms with Gasteiger partial charge in [0.15, 0.2) is 0 Å². The van der Waals surface area contributed by atoms with E-state index in [9.17, 15) is 0 Å². The molecule has 0 aliphatic rings. The first-order valence-corrected chi connectivity index (χ1v) is 7.54. The van der Waals surface area contributed by atoms with Gasteiger partial charge in [-0.25, -0.2) is 0 Å².